The van der Waals surface area contributed by atoms with E-state index in [2.05, 4.69) is 4.90 Å². The van der Waals surface area contributed by atoms with Gasteiger partial charge in [0.2, 0.25) is 10.0 Å². The molecular formula is C28H32N4O8S. The molecule has 2 aliphatic heterocycles. The molecule has 2 amide bonds. The normalized spacial score (nSPS) is 15.9. The van der Waals surface area contributed by atoms with Gasteiger partial charge in [-0.15, -0.1) is 0 Å². The summed E-state index contributed by atoms with van der Waals surface area (Å²) in [5.74, 6) is 0.434. The van der Waals surface area contributed by atoms with Crippen molar-refractivity contribution in [2.24, 2.45) is 0 Å². The molecule has 5 rings (SSSR count). The number of nitrogens with one attached hydrogen (secondary N) is 1. The van der Waals surface area contributed by atoms with Crippen molar-refractivity contribution in [3.05, 3.63) is 70.0 Å². The molecule has 218 valence electrons. The Bertz CT molecular complexity index is 1630. The molecule has 2 N–H and O–H groups in total. The van der Waals surface area contributed by atoms with Gasteiger partial charge in [0, 0.05) is 50.2 Å². The Morgan fingerprint density at radius 1 is 1.02 bits per heavy atom. The minimum absolute atomic E-state index is 0.000124. The van der Waals surface area contributed by atoms with Crippen LogP contribution in [0.15, 0.2) is 53.3 Å². The van der Waals surface area contributed by atoms with Crippen molar-refractivity contribution in [3.8, 4) is 11.5 Å². The standard InChI is InChI=1S/C28H32N4O8S/c1-41(37,38)29-27(34)22-17-26(33)31(23-5-3-2-4-21(22)23)13-12-30-10-8-20(9-11-30)32(28(35)36)18-19-6-7-24-25(16-19)40-15-14-39-24/h2-7,16-17,20H,8-15,18H2,1H3,(H,29,34)(H,35,36). The van der Waals surface area contributed by atoms with Crippen LogP contribution in [0.5, 0.6) is 11.5 Å². The van der Waals surface area contributed by atoms with Crippen LogP contribution in [-0.2, 0) is 23.1 Å². The average Bonchev–Trinajstić information content (AvgIpc) is 2.94. The second-order valence-electron chi connectivity index (χ2n) is 10.2. The molecule has 1 aromatic heterocycles. The molecular weight excluding hydrogens is 552 g/mol. The summed E-state index contributed by atoms with van der Waals surface area (Å²) in [5.41, 5.74) is 0.956. The van der Waals surface area contributed by atoms with Crippen LogP contribution < -0.4 is 19.8 Å². The number of nitrogens with zero attached hydrogens (tertiary/aromatic N) is 3. The van der Waals surface area contributed by atoms with Crippen molar-refractivity contribution in [1.82, 2.24) is 19.1 Å². The minimum atomic E-state index is -3.79. The lowest BCUT2D eigenvalue weighted by Gasteiger charge is -2.37. The van der Waals surface area contributed by atoms with Gasteiger partial charge in [0.1, 0.15) is 13.2 Å². The predicted octanol–water partition coefficient (Wildman–Crippen LogP) is 2.11. The lowest BCUT2D eigenvalue weighted by molar-refractivity contribution is 0.0855. The monoisotopic (exact) mass is 584 g/mol. The van der Waals surface area contributed by atoms with Gasteiger partial charge in [0.15, 0.2) is 11.5 Å². The van der Waals surface area contributed by atoms with E-state index < -0.39 is 27.6 Å². The summed E-state index contributed by atoms with van der Waals surface area (Å²) < 4.78 is 37.8. The van der Waals surface area contributed by atoms with Crippen LogP contribution in [0.2, 0.25) is 0 Å². The average molecular weight is 585 g/mol. The number of hydrogen-bond acceptors (Lipinski definition) is 8. The van der Waals surface area contributed by atoms with Gasteiger partial charge < -0.3 is 28.9 Å². The molecule has 0 atom stereocenters. The van der Waals surface area contributed by atoms with E-state index in [9.17, 15) is 27.9 Å². The number of hydrogen-bond donors (Lipinski definition) is 2. The van der Waals surface area contributed by atoms with Crippen LogP contribution in [-0.4, -0.2) is 85.0 Å². The zero-order valence-corrected chi connectivity index (χ0v) is 23.4. The van der Waals surface area contributed by atoms with Crippen LogP contribution in [0.3, 0.4) is 0 Å². The number of amides is 2. The third-order valence-corrected chi connectivity index (χ3v) is 7.94. The molecule has 0 bridgehead atoms. The van der Waals surface area contributed by atoms with Crippen LogP contribution in [0.25, 0.3) is 10.9 Å². The van der Waals surface area contributed by atoms with E-state index >= 15 is 0 Å². The Hall–Kier alpha value is -4.10. The molecule has 0 spiro atoms. The van der Waals surface area contributed by atoms with Crippen LogP contribution in [0.1, 0.15) is 28.8 Å². The second-order valence-corrected chi connectivity index (χ2v) is 12.0. The fraction of sp³-hybridized carbons (Fsp3) is 0.393. The maximum Gasteiger partial charge on any atom is 0.407 e. The number of carbonyl (C=O) groups is 2. The molecule has 0 aliphatic carbocycles. The predicted molar refractivity (Wildman–Crippen MR) is 151 cm³/mol. The van der Waals surface area contributed by atoms with Gasteiger partial charge >= 0.3 is 6.09 Å². The van der Waals surface area contributed by atoms with Crippen LogP contribution in [0, 0.1) is 0 Å². The number of para-hydroxylation sites is 1. The topological polar surface area (TPSA) is 147 Å². The molecule has 2 aromatic carbocycles. The fourth-order valence-corrected chi connectivity index (χ4v) is 5.85. The zero-order valence-electron chi connectivity index (χ0n) is 22.6. The summed E-state index contributed by atoms with van der Waals surface area (Å²) in [4.78, 5) is 41.4. The van der Waals surface area contributed by atoms with Crippen molar-refractivity contribution in [3.63, 3.8) is 0 Å². The maximum absolute atomic E-state index is 13.0. The summed E-state index contributed by atoms with van der Waals surface area (Å²) >= 11 is 0. The number of carbonyl (C=O) groups excluding carboxylic acids is 1. The molecule has 1 fully saturated rings. The van der Waals surface area contributed by atoms with Crippen molar-refractivity contribution in [1.29, 1.82) is 0 Å². The number of ether oxygens (including phenoxy) is 2. The van der Waals surface area contributed by atoms with Crippen molar-refractivity contribution >= 4 is 32.9 Å². The number of benzene rings is 2. The summed E-state index contributed by atoms with van der Waals surface area (Å²) in [6.07, 6.45) is 1.20. The third kappa shape index (κ3) is 6.63. The molecule has 12 nitrogen and oxygen atoms in total. The van der Waals surface area contributed by atoms with Gasteiger partial charge in [0.25, 0.3) is 11.5 Å². The summed E-state index contributed by atoms with van der Waals surface area (Å²) in [7, 11) is -3.79. The first-order chi connectivity index (χ1) is 19.6. The second kappa shape index (κ2) is 11.8. The lowest BCUT2D eigenvalue weighted by atomic mass is 10.0. The highest BCUT2D eigenvalue weighted by Crippen LogP contribution is 2.31. The van der Waals surface area contributed by atoms with Crippen LogP contribution >= 0.6 is 0 Å². The first-order valence-electron chi connectivity index (χ1n) is 13.3. The Morgan fingerprint density at radius 3 is 2.44 bits per heavy atom. The van der Waals surface area contributed by atoms with Gasteiger partial charge in [-0.2, -0.15) is 0 Å². The Morgan fingerprint density at radius 2 is 1.73 bits per heavy atom. The number of rotatable bonds is 8. The molecule has 41 heavy (non-hydrogen) atoms. The Labute approximate surface area is 237 Å². The van der Waals surface area contributed by atoms with E-state index in [0.29, 0.717) is 74.6 Å². The highest BCUT2D eigenvalue weighted by molar-refractivity contribution is 7.89. The van der Waals surface area contributed by atoms with Gasteiger partial charge in [-0.1, -0.05) is 24.3 Å². The summed E-state index contributed by atoms with van der Waals surface area (Å²) in [6.45, 7) is 3.44. The fourth-order valence-electron chi connectivity index (χ4n) is 5.41. The quantitative estimate of drug-likeness (QED) is 0.406. The smallest absolute Gasteiger partial charge is 0.407 e. The van der Waals surface area contributed by atoms with E-state index in [1.165, 1.54) is 4.90 Å². The number of likely N-dealkylation sites (tertiary alicyclic amines) is 1. The number of aromatic nitrogens is 1. The molecule has 0 unspecified atom stereocenters. The van der Waals surface area contributed by atoms with Gasteiger partial charge in [-0.3, -0.25) is 9.59 Å². The first kappa shape index (κ1) is 28.4. The van der Waals surface area contributed by atoms with Gasteiger partial charge in [-0.05, 0) is 36.6 Å². The molecule has 2 aliphatic rings. The molecule has 1 saturated heterocycles. The maximum atomic E-state index is 13.0. The molecule has 0 radical (unpaired) electrons. The third-order valence-electron chi connectivity index (χ3n) is 7.38. The van der Waals surface area contributed by atoms with E-state index in [-0.39, 0.29) is 18.2 Å². The number of pyridine rings is 1. The van der Waals surface area contributed by atoms with Crippen molar-refractivity contribution in [2.45, 2.75) is 32.0 Å². The Kier molecular flexibility index (Phi) is 8.18. The SMILES string of the molecule is CS(=O)(=O)NC(=O)c1cc(=O)n(CCN2CCC(N(Cc3ccc4c(c3)OCCO4)C(=O)O)CC2)c2ccccc12. The highest BCUT2D eigenvalue weighted by atomic mass is 32.2. The van der Waals surface area contributed by atoms with E-state index in [4.69, 9.17) is 9.47 Å². The molecule has 13 heteroatoms. The largest absolute Gasteiger partial charge is 0.486 e. The van der Waals surface area contributed by atoms with Crippen molar-refractivity contribution < 1.29 is 32.6 Å². The number of sulfonamides is 1. The van der Waals surface area contributed by atoms with Gasteiger partial charge in [0.05, 0.1) is 17.3 Å². The number of piperidine rings is 1. The van der Waals surface area contributed by atoms with E-state index in [1.54, 1.807) is 28.8 Å². The van der Waals surface area contributed by atoms with Crippen molar-refractivity contribution in [2.75, 3.05) is 39.1 Å². The summed E-state index contributed by atoms with van der Waals surface area (Å²) in [5, 5.41) is 10.4. The number of carboxylic acid groups (broad SMARTS) is 1. The molecule has 3 aromatic rings. The lowest BCUT2D eigenvalue weighted by Crippen LogP contribution is -2.47. The molecule has 0 saturated carbocycles. The summed E-state index contributed by atoms with van der Waals surface area (Å²) in [6, 6.07) is 13.4. The highest BCUT2D eigenvalue weighted by Gasteiger charge is 2.28. The molecule has 3 heterocycles. The van der Waals surface area contributed by atoms with Crippen LogP contribution in [0.4, 0.5) is 4.79 Å². The van der Waals surface area contributed by atoms with Gasteiger partial charge in [-0.25, -0.2) is 17.9 Å². The Balaban J connectivity index is 1.23. The zero-order chi connectivity index (χ0) is 29.1. The van der Waals surface area contributed by atoms with E-state index in [1.807, 2.05) is 22.9 Å². The number of fused-ring (bicyclic) bond motifs is 2. The van der Waals surface area contributed by atoms with E-state index in [0.717, 1.165) is 17.9 Å². The minimum Gasteiger partial charge on any atom is -0.486 e. The first-order valence-corrected chi connectivity index (χ1v) is 15.2.